The number of benzene rings is 2. The molecule has 0 bridgehead atoms. The van der Waals surface area contributed by atoms with E-state index in [2.05, 4.69) is 19.8 Å². The Morgan fingerprint density at radius 1 is 1.00 bits per heavy atom. The normalized spacial score (nSPS) is 15.7. The summed E-state index contributed by atoms with van der Waals surface area (Å²) in [6, 6.07) is 12.7. The summed E-state index contributed by atoms with van der Waals surface area (Å²) in [4.78, 5) is 13.3. The zero-order valence-electron chi connectivity index (χ0n) is 13.7. The fourth-order valence-electron chi connectivity index (χ4n) is 3.25. The monoisotopic (exact) mass is 356 g/mol. The first kappa shape index (κ1) is 16.2. The summed E-state index contributed by atoms with van der Waals surface area (Å²) in [7, 11) is 0. The van der Waals surface area contributed by atoms with E-state index in [9.17, 15) is 4.39 Å². The molecule has 1 aliphatic rings. The summed E-state index contributed by atoms with van der Waals surface area (Å²) in [6.07, 6.45) is 1.58. The Labute approximate surface area is 150 Å². The van der Waals surface area contributed by atoms with Crippen LogP contribution in [0.2, 0.25) is 5.02 Å². The molecule has 0 unspecified atom stereocenters. The highest BCUT2D eigenvalue weighted by atomic mass is 35.5. The summed E-state index contributed by atoms with van der Waals surface area (Å²) in [6.45, 7) is 4.08. The maximum atomic E-state index is 13.8. The highest BCUT2D eigenvalue weighted by Gasteiger charge is 2.20. The Morgan fingerprint density at radius 2 is 1.80 bits per heavy atom. The van der Waals surface area contributed by atoms with Gasteiger partial charge in [-0.2, -0.15) is 0 Å². The van der Waals surface area contributed by atoms with Gasteiger partial charge in [0.1, 0.15) is 18.0 Å². The molecule has 0 atom stereocenters. The van der Waals surface area contributed by atoms with Crippen molar-refractivity contribution in [2.24, 2.45) is 0 Å². The number of piperazine rings is 1. The van der Waals surface area contributed by atoms with Gasteiger partial charge < -0.3 is 4.90 Å². The van der Waals surface area contributed by atoms with Crippen LogP contribution in [0.4, 0.5) is 10.2 Å². The molecule has 6 heteroatoms. The third-order valence-corrected chi connectivity index (χ3v) is 4.84. The van der Waals surface area contributed by atoms with Crippen LogP contribution in [0.5, 0.6) is 0 Å². The number of aromatic nitrogens is 2. The summed E-state index contributed by atoms with van der Waals surface area (Å²) >= 11 is 6.05. The minimum Gasteiger partial charge on any atom is -0.353 e. The first-order valence-corrected chi connectivity index (χ1v) is 8.69. The molecule has 1 aliphatic heterocycles. The molecule has 0 spiro atoms. The van der Waals surface area contributed by atoms with E-state index in [-0.39, 0.29) is 5.82 Å². The van der Waals surface area contributed by atoms with Crippen LogP contribution in [0.15, 0.2) is 48.8 Å². The second-order valence-corrected chi connectivity index (χ2v) is 6.65. The second kappa shape index (κ2) is 6.94. The third kappa shape index (κ3) is 3.43. The van der Waals surface area contributed by atoms with Gasteiger partial charge in [0.05, 0.1) is 5.52 Å². The number of rotatable bonds is 3. The van der Waals surface area contributed by atoms with Gasteiger partial charge in [-0.05, 0) is 24.3 Å². The summed E-state index contributed by atoms with van der Waals surface area (Å²) in [5, 5.41) is 1.68. The maximum Gasteiger partial charge on any atom is 0.139 e. The van der Waals surface area contributed by atoms with E-state index in [1.54, 1.807) is 12.4 Å². The van der Waals surface area contributed by atoms with Crippen molar-refractivity contribution in [3.63, 3.8) is 0 Å². The van der Waals surface area contributed by atoms with Crippen LogP contribution in [0, 0.1) is 5.82 Å². The SMILES string of the molecule is Fc1ccccc1CN1CCN(c2ncnc3cc(Cl)ccc23)CC1. The van der Waals surface area contributed by atoms with Crippen molar-refractivity contribution in [3.05, 3.63) is 65.2 Å². The van der Waals surface area contributed by atoms with Crippen molar-refractivity contribution in [3.8, 4) is 0 Å². The average molecular weight is 357 g/mol. The van der Waals surface area contributed by atoms with Gasteiger partial charge in [-0.3, -0.25) is 4.90 Å². The number of nitrogens with zero attached hydrogens (tertiary/aromatic N) is 4. The molecular formula is C19H18ClFN4. The van der Waals surface area contributed by atoms with Crippen molar-refractivity contribution in [1.29, 1.82) is 0 Å². The first-order chi connectivity index (χ1) is 12.2. The van der Waals surface area contributed by atoms with E-state index in [0.29, 0.717) is 11.6 Å². The number of hydrogen-bond donors (Lipinski definition) is 0. The van der Waals surface area contributed by atoms with Gasteiger partial charge in [-0.25, -0.2) is 14.4 Å². The molecule has 2 aromatic carbocycles. The summed E-state index contributed by atoms with van der Waals surface area (Å²) in [5.74, 6) is 0.802. The number of fused-ring (bicyclic) bond motifs is 1. The fourth-order valence-corrected chi connectivity index (χ4v) is 3.42. The molecular weight excluding hydrogens is 339 g/mol. The van der Waals surface area contributed by atoms with Crippen molar-refractivity contribution in [1.82, 2.24) is 14.9 Å². The largest absolute Gasteiger partial charge is 0.353 e. The second-order valence-electron chi connectivity index (χ2n) is 6.21. The Bertz CT molecular complexity index is 893. The third-order valence-electron chi connectivity index (χ3n) is 4.60. The standard InChI is InChI=1S/C19H18ClFN4/c20-15-5-6-16-18(11-15)22-13-23-19(16)25-9-7-24(8-10-25)12-14-3-1-2-4-17(14)21/h1-6,11,13H,7-10,12H2. The summed E-state index contributed by atoms with van der Waals surface area (Å²) in [5.41, 5.74) is 1.60. The zero-order chi connectivity index (χ0) is 17.2. The Balaban J connectivity index is 1.48. The van der Waals surface area contributed by atoms with Crippen molar-refractivity contribution >= 4 is 28.3 Å². The molecule has 128 valence electrons. The molecule has 0 aliphatic carbocycles. The van der Waals surface area contributed by atoms with Crippen LogP contribution < -0.4 is 4.90 Å². The molecule has 2 heterocycles. The van der Waals surface area contributed by atoms with Crippen LogP contribution in [0.1, 0.15) is 5.56 Å². The minimum atomic E-state index is -0.136. The quantitative estimate of drug-likeness (QED) is 0.715. The Hall–Kier alpha value is -2.24. The Morgan fingerprint density at radius 3 is 2.60 bits per heavy atom. The number of anilines is 1. The van der Waals surface area contributed by atoms with Crippen molar-refractivity contribution in [2.75, 3.05) is 31.1 Å². The summed E-state index contributed by atoms with van der Waals surface area (Å²) < 4.78 is 13.8. The molecule has 0 amide bonds. The molecule has 0 saturated carbocycles. The Kier molecular flexibility index (Phi) is 4.51. The van der Waals surface area contributed by atoms with Gasteiger partial charge in [0.25, 0.3) is 0 Å². The lowest BCUT2D eigenvalue weighted by Gasteiger charge is -2.35. The van der Waals surface area contributed by atoms with Gasteiger partial charge >= 0.3 is 0 Å². The first-order valence-electron chi connectivity index (χ1n) is 8.32. The minimum absolute atomic E-state index is 0.136. The van der Waals surface area contributed by atoms with E-state index >= 15 is 0 Å². The lowest BCUT2D eigenvalue weighted by molar-refractivity contribution is 0.246. The highest BCUT2D eigenvalue weighted by Crippen LogP contribution is 2.26. The predicted molar refractivity (Wildman–Crippen MR) is 98.4 cm³/mol. The van der Waals surface area contributed by atoms with Crippen LogP contribution in [-0.4, -0.2) is 41.0 Å². The van der Waals surface area contributed by atoms with Crippen molar-refractivity contribution in [2.45, 2.75) is 6.54 Å². The average Bonchev–Trinajstić information content (AvgIpc) is 2.63. The van der Waals surface area contributed by atoms with Gasteiger partial charge in [-0.1, -0.05) is 29.8 Å². The van der Waals surface area contributed by atoms with Crippen molar-refractivity contribution < 1.29 is 4.39 Å². The number of hydrogen-bond acceptors (Lipinski definition) is 4. The maximum absolute atomic E-state index is 13.8. The molecule has 1 fully saturated rings. The molecule has 4 rings (SSSR count). The van der Waals surface area contributed by atoms with E-state index in [1.165, 1.54) is 6.07 Å². The molecule has 25 heavy (non-hydrogen) atoms. The number of halogens is 2. The van der Waals surface area contributed by atoms with Gasteiger partial charge in [-0.15, -0.1) is 0 Å². The van der Waals surface area contributed by atoms with E-state index in [4.69, 9.17) is 11.6 Å². The molecule has 4 nitrogen and oxygen atoms in total. The van der Waals surface area contributed by atoms with E-state index < -0.39 is 0 Å². The molecule has 3 aromatic rings. The van der Waals surface area contributed by atoms with Crippen LogP contribution in [0.3, 0.4) is 0 Å². The molecule has 1 saturated heterocycles. The molecule has 0 N–H and O–H groups in total. The predicted octanol–water partition coefficient (Wildman–Crippen LogP) is 3.74. The van der Waals surface area contributed by atoms with Crippen LogP contribution >= 0.6 is 11.6 Å². The zero-order valence-corrected chi connectivity index (χ0v) is 14.5. The fraction of sp³-hybridized carbons (Fsp3) is 0.263. The lowest BCUT2D eigenvalue weighted by atomic mass is 10.1. The molecule has 0 radical (unpaired) electrons. The highest BCUT2D eigenvalue weighted by molar-refractivity contribution is 6.31. The van der Waals surface area contributed by atoms with Crippen LogP contribution in [-0.2, 0) is 6.54 Å². The van der Waals surface area contributed by atoms with Gasteiger partial charge in [0, 0.05) is 48.7 Å². The smallest absolute Gasteiger partial charge is 0.139 e. The van der Waals surface area contributed by atoms with Crippen LogP contribution in [0.25, 0.3) is 10.9 Å². The topological polar surface area (TPSA) is 32.3 Å². The van der Waals surface area contributed by atoms with Gasteiger partial charge in [0.2, 0.25) is 0 Å². The molecule has 1 aromatic heterocycles. The van der Waals surface area contributed by atoms with E-state index in [0.717, 1.165) is 48.5 Å². The van der Waals surface area contributed by atoms with E-state index in [1.807, 2.05) is 30.3 Å². The van der Waals surface area contributed by atoms with Gasteiger partial charge in [0.15, 0.2) is 0 Å². The lowest BCUT2D eigenvalue weighted by Crippen LogP contribution is -2.46.